The molecular weight excluding hydrogens is 256 g/mol. The van der Waals surface area contributed by atoms with E-state index in [-0.39, 0.29) is 11.8 Å². The second-order valence-electron chi connectivity index (χ2n) is 5.78. The monoisotopic (exact) mass is 278 g/mol. The van der Waals surface area contributed by atoms with E-state index in [2.05, 4.69) is 30.3 Å². The fraction of sp³-hybridized carbons (Fsp3) is 0.643. The number of nitrogens with one attached hydrogen (secondary N) is 1. The molecule has 1 rings (SSSR count). The number of aromatic nitrogens is 2. The molecule has 1 aromatic rings. The number of carbonyl (C=O) groups is 1. The molecule has 0 amide bonds. The molecule has 0 radical (unpaired) electrons. The molecule has 0 bridgehead atoms. The van der Waals surface area contributed by atoms with Crippen LogP contribution in [0.15, 0.2) is 0 Å². The quantitative estimate of drug-likeness (QED) is 0.798. The number of carboxylic acid groups (broad SMARTS) is 1. The van der Waals surface area contributed by atoms with E-state index in [1.54, 1.807) is 18.7 Å². The Balaban J connectivity index is 2.57. The van der Waals surface area contributed by atoms with Gasteiger partial charge in [-0.2, -0.15) is 10.4 Å². The molecule has 1 heterocycles. The van der Waals surface area contributed by atoms with Crippen molar-refractivity contribution in [1.29, 1.82) is 5.26 Å². The summed E-state index contributed by atoms with van der Waals surface area (Å²) in [6.07, 6.45) is 1.65. The van der Waals surface area contributed by atoms with Crippen LogP contribution in [0, 0.1) is 23.7 Å². The minimum atomic E-state index is -0.764. The Morgan fingerprint density at radius 3 is 2.70 bits per heavy atom. The van der Waals surface area contributed by atoms with Crippen LogP contribution in [-0.4, -0.2) is 27.4 Å². The maximum absolute atomic E-state index is 10.6. The zero-order chi connectivity index (χ0) is 15.3. The highest BCUT2D eigenvalue weighted by Gasteiger charge is 2.20. The summed E-state index contributed by atoms with van der Waals surface area (Å²) in [5, 5.41) is 25.3. The van der Waals surface area contributed by atoms with Crippen molar-refractivity contribution < 1.29 is 9.90 Å². The second kappa shape index (κ2) is 6.42. The minimum Gasteiger partial charge on any atom is -0.481 e. The normalized spacial score (nSPS) is 11.2. The van der Waals surface area contributed by atoms with Crippen LogP contribution in [0.4, 0.5) is 5.82 Å². The van der Waals surface area contributed by atoms with Gasteiger partial charge in [0.1, 0.15) is 17.5 Å². The molecule has 0 aromatic carbocycles. The zero-order valence-corrected chi connectivity index (χ0v) is 12.5. The van der Waals surface area contributed by atoms with E-state index in [0.29, 0.717) is 24.2 Å². The SMILES string of the molecule is Cc1nn(C)c(NCCC(C)(C)CCC(=O)O)c1C#N. The van der Waals surface area contributed by atoms with Crippen molar-refractivity contribution in [3.05, 3.63) is 11.3 Å². The van der Waals surface area contributed by atoms with Crippen LogP contribution in [0.25, 0.3) is 0 Å². The van der Waals surface area contributed by atoms with E-state index in [1.165, 1.54) is 0 Å². The first-order valence-corrected chi connectivity index (χ1v) is 6.66. The van der Waals surface area contributed by atoms with Crippen LogP contribution >= 0.6 is 0 Å². The summed E-state index contributed by atoms with van der Waals surface area (Å²) in [6.45, 7) is 6.59. The summed E-state index contributed by atoms with van der Waals surface area (Å²) in [7, 11) is 1.80. The van der Waals surface area contributed by atoms with Gasteiger partial charge in [-0.1, -0.05) is 13.8 Å². The van der Waals surface area contributed by atoms with Gasteiger partial charge in [-0.3, -0.25) is 9.48 Å². The summed E-state index contributed by atoms with van der Waals surface area (Å²) < 4.78 is 1.66. The standard InChI is InChI=1S/C14H22N4O2/c1-10-11(9-15)13(18(4)17-10)16-8-7-14(2,3)6-5-12(19)20/h16H,5-8H2,1-4H3,(H,19,20). The molecule has 0 unspecified atom stereocenters. The van der Waals surface area contributed by atoms with Crippen LogP contribution < -0.4 is 5.32 Å². The molecule has 0 aliphatic heterocycles. The van der Waals surface area contributed by atoms with Crippen molar-refractivity contribution in [2.75, 3.05) is 11.9 Å². The lowest BCUT2D eigenvalue weighted by atomic mass is 9.84. The summed E-state index contributed by atoms with van der Waals surface area (Å²) in [4.78, 5) is 10.6. The van der Waals surface area contributed by atoms with Gasteiger partial charge in [-0.05, 0) is 25.2 Å². The number of aliphatic carboxylic acids is 1. The Morgan fingerprint density at radius 2 is 2.15 bits per heavy atom. The largest absolute Gasteiger partial charge is 0.481 e. The number of nitriles is 1. The third-order valence-electron chi connectivity index (χ3n) is 3.44. The van der Waals surface area contributed by atoms with Crippen molar-refractivity contribution in [3.63, 3.8) is 0 Å². The average Bonchev–Trinajstić information content (AvgIpc) is 2.61. The summed E-state index contributed by atoms with van der Waals surface area (Å²) in [6, 6.07) is 2.15. The van der Waals surface area contributed by atoms with Gasteiger partial charge in [0.05, 0.1) is 5.69 Å². The molecule has 0 aliphatic carbocycles. The first kappa shape index (κ1) is 16.0. The van der Waals surface area contributed by atoms with Gasteiger partial charge >= 0.3 is 5.97 Å². The lowest BCUT2D eigenvalue weighted by molar-refractivity contribution is -0.137. The lowest BCUT2D eigenvalue weighted by Crippen LogP contribution is -2.19. The number of hydrogen-bond donors (Lipinski definition) is 2. The van der Waals surface area contributed by atoms with Gasteiger partial charge in [-0.15, -0.1) is 0 Å². The van der Waals surface area contributed by atoms with Gasteiger partial charge < -0.3 is 10.4 Å². The van der Waals surface area contributed by atoms with Crippen molar-refractivity contribution >= 4 is 11.8 Å². The summed E-state index contributed by atoms with van der Waals surface area (Å²) in [5.74, 6) is -0.0425. The van der Waals surface area contributed by atoms with Gasteiger partial charge in [0, 0.05) is 20.0 Å². The predicted octanol–water partition coefficient (Wildman–Crippen LogP) is 2.29. The maximum atomic E-state index is 10.6. The third-order valence-corrected chi connectivity index (χ3v) is 3.44. The molecule has 6 nitrogen and oxygen atoms in total. The topological polar surface area (TPSA) is 90.9 Å². The highest BCUT2D eigenvalue weighted by molar-refractivity contribution is 5.66. The smallest absolute Gasteiger partial charge is 0.303 e. The number of hydrogen-bond acceptors (Lipinski definition) is 4. The van der Waals surface area contributed by atoms with E-state index in [0.717, 1.165) is 12.2 Å². The molecule has 110 valence electrons. The van der Waals surface area contributed by atoms with Crippen molar-refractivity contribution in [2.24, 2.45) is 12.5 Å². The fourth-order valence-electron chi connectivity index (χ4n) is 2.08. The molecule has 20 heavy (non-hydrogen) atoms. The Bertz CT molecular complexity index is 526. The number of aryl methyl sites for hydroxylation is 2. The molecular formula is C14H22N4O2. The molecule has 2 N–H and O–H groups in total. The second-order valence-corrected chi connectivity index (χ2v) is 5.78. The Morgan fingerprint density at radius 1 is 1.50 bits per heavy atom. The first-order valence-electron chi connectivity index (χ1n) is 6.66. The average molecular weight is 278 g/mol. The van der Waals surface area contributed by atoms with E-state index in [1.807, 2.05) is 0 Å². The number of rotatable bonds is 7. The number of carboxylic acids is 1. The van der Waals surface area contributed by atoms with Gasteiger partial charge in [-0.25, -0.2) is 0 Å². The molecule has 0 aliphatic rings. The highest BCUT2D eigenvalue weighted by atomic mass is 16.4. The highest BCUT2D eigenvalue weighted by Crippen LogP contribution is 2.27. The summed E-state index contributed by atoms with van der Waals surface area (Å²) >= 11 is 0. The minimum absolute atomic E-state index is 0.0498. The Kier molecular flexibility index (Phi) is 5.14. The van der Waals surface area contributed by atoms with Gasteiger partial charge in [0.15, 0.2) is 0 Å². The molecule has 0 spiro atoms. The van der Waals surface area contributed by atoms with Crippen LogP contribution in [0.3, 0.4) is 0 Å². The lowest BCUT2D eigenvalue weighted by Gasteiger charge is -2.24. The molecule has 0 fully saturated rings. The first-order chi connectivity index (χ1) is 9.26. The third kappa shape index (κ3) is 4.26. The van der Waals surface area contributed by atoms with Crippen molar-refractivity contribution in [2.45, 2.75) is 40.0 Å². The molecule has 6 heteroatoms. The van der Waals surface area contributed by atoms with E-state index in [9.17, 15) is 4.79 Å². The van der Waals surface area contributed by atoms with E-state index in [4.69, 9.17) is 10.4 Å². The molecule has 0 saturated heterocycles. The fourth-order valence-corrected chi connectivity index (χ4v) is 2.08. The Hall–Kier alpha value is -2.03. The number of nitrogens with zero attached hydrogens (tertiary/aromatic N) is 3. The molecule has 0 saturated carbocycles. The van der Waals surface area contributed by atoms with Crippen LogP contribution in [0.2, 0.25) is 0 Å². The van der Waals surface area contributed by atoms with Crippen LogP contribution in [-0.2, 0) is 11.8 Å². The van der Waals surface area contributed by atoms with Gasteiger partial charge in [0.25, 0.3) is 0 Å². The van der Waals surface area contributed by atoms with Crippen LogP contribution in [0.1, 0.15) is 44.4 Å². The number of anilines is 1. The van der Waals surface area contributed by atoms with E-state index >= 15 is 0 Å². The van der Waals surface area contributed by atoms with Gasteiger partial charge in [0.2, 0.25) is 0 Å². The van der Waals surface area contributed by atoms with E-state index < -0.39 is 5.97 Å². The summed E-state index contributed by atoms with van der Waals surface area (Å²) in [5.41, 5.74) is 1.23. The Labute approximate surface area is 119 Å². The van der Waals surface area contributed by atoms with Crippen LogP contribution in [0.5, 0.6) is 0 Å². The maximum Gasteiger partial charge on any atom is 0.303 e. The molecule has 1 aromatic heterocycles. The predicted molar refractivity (Wildman–Crippen MR) is 76.4 cm³/mol. The zero-order valence-electron chi connectivity index (χ0n) is 12.5. The van der Waals surface area contributed by atoms with Crippen molar-refractivity contribution in [3.8, 4) is 6.07 Å². The van der Waals surface area contributed by atoms with Crippen molar-refractivity contribution in [1.82, 2.24) is 9.78 Å². The molecule has 0 atom stereocenters.